The summed E-state index contributed by atoms with van der Waals surface area (Å²) < 4.78 is 13.1. The molecule has 0 N–H and O–H groups in total. The lowest BCUT2D eigenvalue weighted by atomic mass is 10.1. The second-order valence-corrected chi connectivity index (χ2v) is 7.79. The Morgan fingerprint density at radius 3 is 2.68 bits per heavy atom. The van der Waals surface area contributed by atoms with E-state index in [1.54, 1.807) is 30.0 Å². The molecule has 4 nitrogen and oxygen atoms in total. The fourth-order valence-corrected chi connectivity index (χ4v) is 4.08. The van der Waals surface area contributed by atoms with Crippen molar-refractivity contribution >= 4 is 40.1 Å². The minimum absolute atomic E-state index is 0.0433. The van der Waals surface area contributed by atoms with Crippen LogP contribution in [-0.4, -0.2) is 33.5 Å². The molecule has 28 heavy (non-hydrogen) atoms. The summed E-state index contributed by atoms with van der Waals surface area (Å²) in [6.07, 6.45) is 2.17. The first-order chi connectivity index (χ1) is 13.5. The summed E-state index contributed by atoms with van der Waals surface area (Å²) in [4.78, 5) is 14.4. The second-order valence-electron chi connectivity index (χ2n) is 6.21. The molecule has 1 atom stereocenters. The quantitative estimate of drug-likeness (QED) is 0.381. The zero-order valence-corrected chi connectivity index (χ0v) is 16.9. The summed E-state index contributed by atoms with van der Waals surface area (Å²) in [6, 6.07) is 13.5. The number of hydrogen-bond acceptors (Lipinski definition) is 4. The van der Waals surface area contributed by atoms with Crippen LogP contribution in [0, 0.1) is 5.82 Å². The molecule has 1 saturated heterocycles. The maximum Gasteiger partial charge on any atom is 0.242 e. The maximum absolute atomic E-state index is 13.1. The number of nitrogens with zero attached hydrogens (tertiary/aromatic N) is 3. The van der Waals surface area contributed by atoms with Gasteiger partial charge in [-0.25, -0.2) is 4.39 Å². The Hall–Kier alpha value is -2.44. The molecule has 0 aliphatic carbocycles. The largest absolute Gasteiger partial charge is 0.285 e. The van der Waals surface area contributed by atoms with Gasteiger partial charge in [0.1, 0.15) is 5.82 Å². The first kappa shape index (κ1) is 20.3. The van der Waals surface area contributed by atoms with Gasteiger partial charge in [0.25, 0.3) is 0 Å². The Morgan fingerprint density at radius 1 is 1.29 bits per heavy atom. The van der Waals surface area contributed by atoms with Gasteiger partial charge in [-0.1, -0.05) is 59.8 Å². The first-order valence-corrected chi connectivity index (χ1v) is 9.96. The Labute approximate surface area is 172 Å². The molecule has 3 rings (SSSR count). The van der Waals surface area contributed by atoms with Gasteiger partial charge in [0.15, 0.2) is 5.17 Å². The van der Waals surface area contributed by atoms with Crippen molar-refractivity contribution in [2.24, 2.45) is 10.2 Å². The molecule has 1 unspecified atom stereocenters. The van der Waals surface area contributed by atoms with Gasteiger partial charge in [0.2, 0.25) is 5.91 Å². The molecular weight excluding hydrogens is 397 g/mol. The van der Waals surface area contributed by atoms with Gasteiger partial charge in [-0.05, 0) is 42.7 Å². The van der Waals surface area contributed by atoms with Crippen LogP contribution in [0.15, 0.2) is 71.4 Å². The van der Waals surface area contributed by atoms with Crippen LogP contribution >= 0.6 is 23.4 Å². The lowest BCUT2D eigenvalue weighted by Gasteiger charge is -2.13. The predicted molar refractivity (Wildman–Crippen MR) is 114 cm³/mol. The molecule has 1 aliphatic heterocycles. The highest BCUT2D eigenvalue weighted by Gasteiger charge is 2.37. The van der Waals surface area contributed by atoms with Crippen molar-refractivity contribution in [1.82, 2.24) is 4.90 Å². The van der Waals surface area contributed by atoms with E-state index in [1.807, 2.05) is 24.3 Å². The van der Waals surface area contributed by atoms with Crippen molar-refractivity contribution in [3.8, 4) is 0 Å². The minimum Gasteiger partial charge on any atom is -0.285 e. The van der Waals surface area contributed by atoms with E-state index in [0.29, 0.717) is 28.9 Å². The third-order valence-electron chi connectivity index (χ3n) is 4.24. The number of amidine groups is 1. The zero-order chi connectivity index (χ0) is 20.1. The van der Waals surface area contributed by atoms with Crippen LogP contribution in [0.3, 0.4) is 0 Å². The highest BCUT2D eigenvalue weighted by atomic mass is 35.5. The number of hydrogen-bond donors (Lipinski definition) is 0. The van der Waals surface area contributed by atoms with Gasteiger partial charge in [-0.2, -0.15) is 5.10 Å². The van der Waals surface area contributed by atoms with Crippen molar-refractivity contribution in [3.05, 3.63) is 83.2 Å². The smallest absolute Gasteiger partial charge is 0.242 e. The van der Waals surface area contributed by atoms with Crippen molar-refractivity contribution in [1.29, 1.82) is 0 Å². The van der Waals surface area contributed by atoms with E-state index in [2.05, 4.69) is 16.8 Å². The van der Waals surface area contributed by atoms with E-state index < -0.39 is 0 Å². The molecule has 2 aromatic carbocycles. The van der Waals surface area contributed by atoms with Gasteiger partial charge in [0.05, 0.1) is 11.0 Å². The lowest BCUT2D eigenvalue weighted by Crippen LogP contribution is -2.32. The molecule has 0 spiro atoms. The van der Waals surface area contributed by atoms with Crippen LogP contribution in [0.25, 0.3) is 0 Å². The molecule has 144 valence electrons. The molecule has 2 aromatic rings. The van der Waals surface area contributed by atoms with Crippen molar-refractivity contribution in [2.75, 3.05) is 6.54 Å². The molecule has 1 amide bonds. The van der Waals surface area contributed by atoms with Gasteiger partial charge < -0.3 is 0 Å². The van der Waals surface area contributed by atoms with Crippen LogP contribution in [0.1, 0.15) is 18.1 Å². The SMILES string of the molecule is C=CCN1C(=O)C(Cc2ccccc2Cl)SC1=NN=C(C)c1ccc(F)cc1. The summed E-state index contributed by atoms with van der Waals surface area (Å²) in [7, 11) is 0. The molecule has 1 fully saturated rings. The van der Waals surface area contributed by atoms with Gasteiger partial charge in [-0.15, -0.1) is 11.7 Å². The van der Waals surface area contributed by atoms with E-state index >= 15 is 0 Å². The summed E-state index contributed by atoms with van der Waals surface area (Å²) in [5, 5.41) is 9.36. The Kier molecular flexibility index (Phi) is 6.65. The number of amides is 1. The van der Waals surface area contributed by atoms with Gasteiger partial charge >= 0.3 is 0 Å². The Morgan fingerprint density at radius 2 is 2.00 bits per heavy atom. The van der Waals surface area contributed by atoms with E-state index in [1.165, 1.54) is 23.9 Å². The average Bonchev–Trinajstić information content (AvgIpc) is 2.98. The molecular formula is C21H19ClFN3OS. The second kappa shape index (κ2) is 9.17. The van der Waals surface area contributed by atoms with E-state index in [-0.39, 0.29) is 17.0 Å². The van der Waals surface area contributed by atoms with Crippen LogP contribution in [0.4, 0.5) is 4.39 Å². The van der Waals surface area contributed by atoms with Gasteiger partial charge in [-0.3, -0.25) is 9.69 Å². The molecule has 1 heterocycles. The number of thioether (sulfide) groups is 1. The number of rotatable bonds is 6. The highest BCUT2D eigenvalue weighted by molar-refractivity contribution is 8.15. The Balaban J connectivity index is 1.82. The number of carbonyl (C=O) groups is 1. The highest BCUT2D eigenvalue weighted by Crippen LogP contribution is 2.31. The normalized spacial score (nSPS) is 18.8. The summed E-state index contributed by atoms with van der Waals surface area (Å²) in [6.45, 7) is 5.86. The predicted octanol–water partition coefficient (Wildman–Crippen LogP) is 4.93. The first-order valence-electron chi connectivity index (χ1n) is 8.70. The van der Waals surface area contributed by atoms with Crippen LogP contribution < -0.4 is 0 Å². The molecule has 0 radical (unpaired) electrons. The third-order valence-corrected chi connectivity index (χ3v) is 5.78. The summed E-state index contributed by atoms with van der Waals surface area (Å²) in [5.74, 6) is -0.349. The number of halogens is 2. The minimum atomic E-state index is -0.320. The van der Waals surface area contributed by atoms with Gasteiger partial charge in [0, 0.05) is 11.6 Å². The average molecular weight is 416 g/mol. The van der Waals surface area contributed by atoms with E-state index in [0.717, 1.165) is 11.1 Å². The molecule has 0 aromatic heterocycles. The summed E-state index contributed by atoms with van der Waals surface area (Å²) >= 11 is 7.60. The topological polar surface area (TPSA) is 45.0 Å². The van der Waals surface area contributed by atoms with Crippen molar-refractivity contribution in [3.63, 3.8) is 0 Å². The Bertz CT molecular complexity index is 943. The van der Waals surface area contributed by atoms with E-state index in [4.69, 9.17) is 11.6 Å². The monoisotopic (exact) mass is 415 g/mol. The fourth-order valence-electron chi connectivity index (χ4n) is 2.74. The van der Waals surface area contributed by atoms with Crippen molar-refractivity contribution in [2.45, 2.75) is 18.6 Å². The molecule has 7 heteroatoms. The molecule has 0 saturated carbocycles. The maximum atomic E-state index is 13.1. The van der Waals surface area contributed by atoms with E-state index in [9.17, 15) is 9.18 Å². The third kappa shape index (κ3) is 4.69. The molecule has 0 bridgehead atoms. The van der Waals surface area contributed by atoms with Crippen LogP contribution in [0.5, 0.6) is 0 Å². The zero-order valence-electron chi connectivity index (χ0n) is 15.3. The lowest BCUT2D eigenvalue weighted by molar-refractivity contribution is -0.125. The van der Waals surface area contributed by atoms with Crippen molar-refractivity contribution < 1.29 is 9.18 Å². The van der Waals surface area contributed by atoms with Crippen LogP contribution in [-0.2, 0) is 11.2 Å². The molecule has 1 aliphatic rings. The number of carbonyl (C=O) groups excluding carboxylic acids is 1. The number of benzene rings is 2. The summed E-state index contributed by atoms with van der Waals surface area (Å²) in [5.41, 5.74) is 2.32. The van der Waals surface area contributed by atoms with Crippen LogP contribution in [0.2, 0.25) is 5.02 Å². The standard InChI is InChI=1S/C21H19ClFN3OS/c1-3-12-26-20(27)19(13-16-6-4-5-7-18(16)22)28-21(26)25-24-14(2)15-8-10-17(23)11-9-15/h3-11,19H,1,12-13H2,2H3. The fraction of sp³-hybridized carbons (Fsp3) is 0.190.